The fourth-order valence-corrected chi connectivity index (χ4v) is 5.74. The maximum Gasteiger partial charge on any atom is 0.276 e. The fourth-order valence-electron chi connectivity index (χ4n) is 3.53. The average Bonchev–Trinajstić information content (AvgIpc) is 2.91. The Balaban J connectivity index is 1.82. The van der Waals surface area contributed by atoms with Gasteiger partial charge >= 0.3 is 0 Å². The van der Waals surface area contributed by atoms with Gasteiger partial charge in [0.15, 0.2) is 11.6 Å². The second-order valence-electron chi connectivity index (χ2n) is 7.74. The van der Waals surface area contributed by atoms with E-state index in [2.05, 4.69) is 20.0 Å². The molecule has 2 aromatic carbocycles. The number of carbonyl (C=O) groups is 1. The van der Waals surface area contributed by atoms with Crippen LogP contribution >= 0.6 is 34.2 Å². The number of carbonyl (C=O) groups excluding carboxylic acids is 1. The summed E-state index contributed by atoms with van der Waals surface area (Å²) in [6, 6.07) is 10.5. The summed E-state index contributed by atoms with van der Waals surface area (Å²) in [4.78, 5) is 19.2. The lowest BCUT2D eigenvalue weighted by atomic mass is 10.0. The van der Waals surface area contributed by atoms with E-state index >= 15 is 8.78 Å². The predicted molar refractivity (Wildman–Crippen MR) is 144 cm³/mol. The van der Waals surface area contributed by atoms with Gasteiger partial charge in [0.25, 0.3) is 5.91 Å². The van der Waals surface area contributed by atoms with Gasteiger partial charge in [0.1, 0.15) is 4.90 Å². The minimum absolute atomic E-state index is 0.110. The lowest BCUT2D eigenvalue weighted by molar-refractivity contribution is 0.0706. The number of hydrogen-bond donors (Lipinski definition) is 4. The first-order chi connectivity index (χ1) is 18.1. The molecule has 4 aromatic rings. The first kappa shape index (κ1) is 27.8. The zero-order chi connectivity index (χ0) is 27.4. The summed E-state index contributed by atoms with van der Waals surface area (Å²) < 4.78 is 60.6. The van der Waals surface area contributed by atoms with E-state index in [0.717, 1.165) is 3.57 Å². The maximum atomic E-state index is 15.4. The maximum absolute atomic E-state index is 15.4. The second kappa shape index (κ2) is 11.7. The zero-order valence-corrected chi connectivity index (χ0v) is 22.7. The molecule has 196 valence electrons. The monoisotopic (exact) mass is 671 g/mol. The summed E-state index contributed by atoms with van der Waals surface area (Å²) in [6.45, 7) is 0. The van der Waals surface area contributed by atoms with E-state index in [1.807, 2.05) is 22.6 Å². The van der Waals surface area contributed by atoms with Gasteiger partial charge in [0.05, 0.1) is 28.0 Å². The van der Waals surface area contributed by atoms with Crippen LogP contribution in [0.3, 0.4) is 0 Å². The molecule has 0 saturated heterocycles. The van der Waals surface area contributed by atoms with Crippen molar-refractivity contribution in [2.24, 2.45) is 0 Å². The predicted octanol–water partition coefficient (Wildman–Crippen LogP) is 4.94. The van der Waals surface area contributed by atoms with Crippen molar-refractivity contribution in [1.29, 1.82) is 0 Å². The highest BCUT2D eigenvalue weighted by Gasteiger charge is 2.32. The zero-order valence-electron chi connectivity index (χ0n) is 19.0. The van der Waals surface area contributed by atoms with Crippen LogP contribution in [0.5, 0.6) is 0 Å². The number of hydroxylamine groups is 1. The molecule has 0 bridgehead atoms. The van der Waals surface area contributed by atoms with E-state index in [1.54, 1.807) is 30.3 Å². The van der Waals surface area contributed by atoms with Crippen molar-refractivity contribution >= 4 is 61.5 Å². The number of halogens is 4. The van der Waals surface area contributed by atoms with Gasteiger partial charge < -0.3 is 5.32 Å². The Morgan fingerprint density at radius 2 is 1.63 bits per heavy atom. The number of hydrogen-bond acceptors (Lipinski definition) is 7. The summed E-state index contributed by atoms with van der Waals surface area (Å²) in [7, 11) is -4.81. The molecule has 0 aliphatic heterocycles. The van der Waals surface area contributed by atoms with Crippen molar-refractivity contribution < 1.29 is 27.2 Å². The Morgan fingerprint density at radius 1 is 1.00 bits per heavy atom. The molecule has 0 aliphatic rings. The molecule has 38 heavy (non-hydrogen) atoms. The fraction of sp³-hybridized carbons (Fsp3) is 0.0417. The number of aromatic nitrogens is 2. The highest BCUT2D eigenvalue weighted by molar-refractivity contribution is 14.1. The number of pyridine rings is 2. The van der Waals surface area contributed by atoms with Crippen LogP contribution < -0.4 is 15.5 Å². The number of amides is 1. The first-order valence-electron chi connectivity index (χ1n) is 10.6. The van der Waals surface area contributed by atoms with Crippen LogP contribution in [0.2, 0.25) is 5.02 Å². The minimum Gasteiger partial charge on any atom is -0.351 e. The SMILES string of the molecule is O=C(NO)c1cc(S(=O)(=O)NC(c2cccnc2)c2cccnc2)c(F)c(F)c1Nc1ccc(I)cc1Cl. The number of benzene rings is 2. The smallest absolute Gasteiger partial charge is 0.276 e. The quantitative estimate of drug-likeness (QED) is 0.119. The third-order valence-corrected chi connectivity index (χ3v) is 7.71. The largest absolute Gasteiger partial charge is 0.351 e. The van der Waals surface area contributed by atoms with Gasteiger partial charge in [0, 0.05) is 28.4 Å². The third-order valence-electron chi connectivity index (χ3n) is 5.31. The first-order valence-corrected chi connectivity index (χ1v) is 13.6. The number of sulfonamides is 1. The minimum atomic E-state index is -4.81. The standard InChI is InChI=1S/C24H17ClF2IN5O4S/c25-17-9-15(28)5-6-18(17)31-23-16(24(34)32-35)10-19(20(26)21(23)27)38(36,37)33-22(13-3-1-7-29-11-13)14-4-2-8-30-12-14/h1-12,22,31,33,35H,(H,32,34). The molecular weight excluding hydrogens is 655 g/mol. The lowest BCUT2D eigenvalue weighted by Crippen LogP contribution is -2.31. The van der Waals surface area contributed by atoms with Gasteiger partial charge in [-0.15, -0.1) is 0 Å². The molecule has 2 heterocycles. The van der Waals surface area contributed by atoms with Gasteiger partial charge in [-0.2, -0.15) is 4.72 Å². The number of nitrogens with zero attached hydrogens (tertiary/aromatic N) is 2. The Bertz CT molecular complexity index is 1560. The van der Waals surface area contributed by atoms with E-state index in [9.17, 15) is 18.4 Å². The molecule has 0 fully saturated rings. The van der Waals surface area contributed by atoms with Gasteiger partial charge in [-0.25, -0.2) is 22.7 Å². The van der Waals surface area contributed by atoms with E-state index < -0.39 is 49.8 Å². The summed E-state index contributed by atoms with van der Waals surface area (Å²) in [6.07, 6.45) is 5.77. The molecule has 0 spiro atoms. The van der Waals surface area contributed by atoms with E-state index in [4.69, 9.17) is 11.6 Å². The molecule has 0 unspecified atom stereocenters. The van der Waals surface area contributed by atoms with E-state index in [1.165, 1.54) is 42.4 Å². The van der Waals surface area contributed by atoms with Crippen LogP contribution in [0.1, 0.15) is 27.5 Å². The molecule has 4 rings (SSSR count). The van der Waals surface area contributed by atoms with Gasteiger partial charge in [-0.1, -0.05) is 23.7 Å². The van der Waals surface area contributed by atoms with Crippen molar-refractivity contribution in [3.63, 3.8) is 0 Å². The normalized spacial score (nSPS) is 11.4. The van der Waals surface area contributed by atoms with Crippen LogP contribution in [0.15, 0.2) is 78.2 Å². The molecule has 14 heteroatoms. The summed E-state index contributed by atoms with van der Waals surface area (Å²) >= 11 is 8.16. The lowest BCUT2D eigenvalue weighted by Gasteiger charge is -2.21. The third kappa shape index (κ3) is 5.91. The molecule has 4 N–H and O–H groups in total. The molecule has 0 radical (unpaired) electrons. The van der Waals surface area contributed by atoms with Gasteiger partial charge in [-0.05, 0) is 70.1 Å². The van der Waals surface area contributed by atoms with Crippen molar-refractivity contribution in [3.8, 4) is 0 Å². The van der Waals surface area contributed by atoms with Crippen LogP contribution in [0, 0.1) is 15.2 Å². The topological polar surface area (TPSA) is 133 Å². The highest BCUT2D eigenvalue weighted by Crippen LogP contribution is 2.34. The van der Waals surface area contributed by atoms with Crippen LogP contribution in [0.4, 0.5) is 20.2 Å². The van der Waals surface area contributed by atoms with Gasteiger partial charge in [0.2, 0.25) is 10.0 Å². The van der Waals surface area contributed by atoms with Crippen molar-refractivity contribution in [3.05, 3.63) is 110 Å². The second-order valence-corrected chi connectivity index (χ2v) is 11.1. The molecule has 0 saturated carbocycles. The Labute approximate surface area is 234 Å². The molecule has 2 aromatic heterocycles. The van der Waals surface area contributed by atoms with Crippen molar-refractivity contribution in [1.82, 2.24) is 20.2 Å². The number of anilines is 2. The van der Waals surface area contributed by atoms with Crippen molar-refractivity contribution in [2.75, 3.05) is 5.32 Å². The highest BCUT2D eigenvalue weighted by atomic mass is 127. The van der Waals surface area contributed by atoms with Crippen LogP contribution in [-0.4, -0.2) is 29.5 Å². The van der Waals surface area contributed by atoms with Crippen molar-refractivity contribution in [2.45, 2.75) is 10.9 Å². The summed E-state index contributed by atoms with van der Waals surface area (Å²) in [5, 5.41) is 11.9. The Hall–Kier alpha value is -3.24. The Morgan fingerprint density at radius 3 is 2.16 bits per heavy atom. The number of nitrogens with one attached hydrogen (secondary N) is 3. The van der Waals surface area contributed by atoms with Gasteiger partial charge in [-0.3, -0.25) is 20.0 Å². The molecule has 9 nitrogen and oxygen atoms in total. The summed E-state index contributed by atoms with van der Waals surface area (Å²) in [5.41, 5.74) is 0.789. The van der Waals surface area contributed by atoms with Crippen LogP contribution in [0.25, 0.3) is 0 Å². The molecule has 0 aliphatic carbocycles. The van der Waals surface area contributed by atoms with E-state index in [0.29, 0.717) is 17.2 Å². The average molecular weight is 672 g/mol. The molecule has 1 amide bonds. The number of rotatable bonds is 8. The molecule has 0 atom stereocenters. The van der Waals surface area contributed by atoms with E-state index in [-0.39, 0.29) is 10.7 Å². The molecular formula is C24H17ClF2IN5O4S. The van der Waals surface area contributed by atoms with Crippen LogP contribution in [-0.2, 0) is 10.0 Å². The summed E-state index contributed by atoms with van der Waals surface area (Å²) in [5.74, 6) is -4.73. The Kier molecular flexibility index (Phi) is 8.52.